The number of benzene rings is 3. The van der Waals surface area contributed by atoms with Crippen LogP contribution >= 0.6 is 0 Å². The van der Waals surface area contributed by atoms with E-state index in [1.54, 1.807) is 24.3 Å². The monoisotopic (exact) mass is 534 g/mol. The van der Waals surface area contributed by atoms with E-state index >= 15 is 0 Å². The van der Waals surface area contributed by atoms with E-state index < -0.39 is 38.7 Å². The zero-order chi connectivity index (χ0) is 25.9. The smallest absolute Gasteiger partial charge is 0.397 e. The van der Waals surface area contributed by atoms with Gasteiger partial charge in [0.15, 0.2) is 9.84 Å². The van der Waals surface area contributed by atoms with Gasteiger partial charge in [0.1, 0.15) is 11.6 Å². The van der Waals surface area contributed by atoms with E-state index in [1.165, 1.54) is 24.3 Å². The van der Waals surface area contributed by atoms with Crippen molar-refractivity contribution >= 4 is 42.6 Å². The maximum atomic E-state index is 14.1. The Hall–Kier alpha value is -3.72. The van der Waals surface area contributed by atoms with Gasteiger partial charge in [0.25, 0.3) is 0 Å². The molecule has 188 valence electrons. The normalized spacial score (nSPS) is 12.1. The second kappa shape index (κ2) is 10.1. The van der Waals surface area contributed by atoms with E-state index in [0.29, 0.717) is 5.39 Å². The molecule has 0 fully saturated rings. The fourth-order valence-electron chi connectivity index (χ4n) is 3.39. The number of halogens is 1. The molecule has 4 aromatic rings. The number of aromatic nitrogens is 3. The number of aromatic hydroxyl groups is 1. The van der Waals surface area contributed by atoms with Crippen LogP contribution in [0.15, 0.2) is 65.6 Å². The fourth-order valence-corrected chi connectivity index (χ4v) is 4.92. The molecule has 0 aliphatic rings. The van der Waals surface area contributed by atoms with Crippen molar-refractivity contribution in [2.75, 3.05) is 17.7 Å². The lowest BCUT2D eigenvalue weighted by molar-refractivity contribution is 0.284. The molecule has 0 amide bonds. The van der Waals surface area contributed by atoms with E-state index in [2.05, 4.69) is 24.5 Å². The Morgan fingerprint density at radius 1 is 0.944 bits per heavy atom. The van der Waals surface area contributed by atoms with Gasteiger partial charge in [-0.25, -0.2) is 12.6 Å². The molecule has 3 N–H and O–H groups in total. The minimum atomic E-state index is -4.77. The third-order valence-electron chi connectivity index (χ3n) is 4.97. The third-order valence-corrected chi connectivity index (χ3v) is 7.11. The van der Waals surface area contributed by atoms with Crippen LogP contribution in [0, 0.1) is 6.08 Å². The van der Waals surface area contributed by atoms with Crippen LogP contribution in [-0.2, 0) is 30.8 Å². The number of nitrogens with zero attached hydrogens (tertiary/aromatic N) is 3. The minimum absolute atomic E-state index is 0.103. The highest BCUT2D eigenvalue weighted by Crippen LogP contribution is 2.26. The van der Waals surface area contributed by atoms with E-state index in [0.717, 1.165) is 10.9 Å². The highest BCUT2D eigenvalue weighted by Gasteiger charge is 2.17. The molecule has 0 aliphatic heterocycles. The molecule has 0 atom stereocenters. The first-order chi connectivity index (χ1) is 17.0. The van der Waals surface area contributed by atoms with Crippen molar-refractivity contribution in [3.05, 3.63) is 78.1 Å². The van der Waals surface area contributed by atoms with Crippen molar-refractivity contribution in [1.29, 1.82) is 0 Å². The van der Waals surface area contributed by atoms with Crippen LogP contribution in [0.2, 0.25) is 0 Å². The molecule has 11 nitrogen and oxygen atoms in total. The number of nitrogens with one attached hydrogen (secondary N) is 1. The van der Waals surface area contributed by atoms with Crippen LogP contribution < -0.4 is 5.32 Å². The summed E-state index contributed by atoms with van der Waals surface area (Å²) in [7, 11) is -8.73. The van der Waals surface area contributed by atoms with Gasteiger partial charge in [-0.15, -0.1) is 0 Å². The first kappa shape index (κ1) is 25.4. The van der Waals surface area contributed by atoms with Crippen molar-refractivity contribution in [3.8, 4) is 5.75 Å². The van der Waals surface area contributed by atoms with E-state index in [-0.39, 0.29) is 34.5 Å². The highest BCUT2D eigenvalue weighted by atomic mass is 32.3. The first-order valence-electron chi connectivity index (χ1n) is 10.3. The summed E-state index contributed by atoms with van der Waals surface area (Å²) in [5.74, 6) is -0.656. The average molecular weight is 535 g/mol. The van der Waals surface area contributed by atoms with Crippen molar-refractivity contribution < 1.29 is 35.1 Å². The van der Waals surface area contributed by atoms with Gasteiger partial charge in [-0.05, 0) is 41.3 Å². The van der Waals surface area contributed by atoms with Gasteiger partial charge in [0, 0.05) is 17.5 Å². The standard InChI is InChI=1S/C22H19FN4O7S2/c23-21-25-20(12-14-7-8-15-3-1-6-19(28)18(15)11-14)26-22(27-21)24-16-4-2-5-17(13-16)35(29,30)10-9-34-36(31,32)33/h1-8,11,13,28H,9-10,12H2,(H,31,32,33)(H,24,25,26,27). The van der Waals surface area contributed by atoms with Gasteiger partial charge in [0.05, 0.1) is 17.3 Å². The van der Waals surface area contributed by atoms with Gasteiger partial charge in [-0.1, -0.05) is 30.3 Å². The van der Waals surface area contributed by atoms with Crippen molar-refractivity contribution in [2.45, 2.75) is 11.3 Å². The van der Waals surface area contributed by atoms with Gasteiger partial charge in [-0.3, -0.25) is 4.55 Å². The van der Waals surface area contributed by atoms with Crippen molar-refractivity contribution in [2.24, 2.45) is 0 Å². The van der Waals surface area contributed by atoms with E-state index in [4.69, 9.17) is 4.55 Å². The molecular formula is C22H19FN4O7S2. The van der Waals surface area contributed by atoms with Crippen molar-refractivity contribution in [3.63, 3.8) is 0 Å². The number of rotatable bonds is 9. The van der Waals surface area contributed by atoms with Gasteiger partial charge >= 0.3 is 16.5 Å². The number of anilines is 2. The summed E-state index contributed by atoms with van der Waals surface area (Å²) in [5, 5.41) is 14.3. The molecule has 0 bridgehead atoms. The molecule has 0 saturated carbocycles. The predicted octanol–water partition coefficient (Wildman–Crippen LogP) is 2.80. The average Bonchev–Trinajstić information content (AvgIpc) is 2.78. The Morgan fingerprint density at radius 3 is 2.50 bits per heavy atom. The quantitative estimate of drug-likeness (QED) is 0.270. The number of phenolic OH excluding ortho intramolecular Hbond substituents is 1. The maximum Gasteiger partial charge on any atom is 0.397 e. The number of fused-ring (bicyclic) bond motifs is 1. The molecule has 0 spiro atoms. The second-order valence-corrected chi connectivity index (χ2v) is 10.8. The number of hydrogen-bond donors (Lipinski definition) is 3. The Kier molecular flexibility index (Phi) is 7.12. The Balaban J connectivity index is 1.53. The zero-order valence-corrected chi connectivity index (χ0v) is 20.0. The SMILES string of the molecule is O=S(=O)(O)OCCS(=O)(=O)c1cccc(Nc2nc(F)nc(Cc3ccc4cccc(O)c4c3)n2)c1. The Bertz CT molecular complexity index is 1650. The molecule has 14 heteroatoms. The fraction of sp³-hybridized carbons (Fsp3) is 0.136. The van der Waals surface area contributed by atoms with E-state index in [1.807, 2.05) is 12.1 Å². The predicted molar refractivity (Wildman–Crippen MR) is 127 cm³/mol. The number of hydrogen-bond acceptors (Lipinski definition) is 10. The largest absolute Gasteiger partial charge is 0.507 e. The minimum Gasteiger partial charge on any atom is -0.507 e. The number of phenols is 1. The molecule has 36 heavy (non-hydrogen) atoms. The molecule has 1 aromatic heterocycles. The lowest BCUT2D eigenvalue weighted by Gasteiger charge is -2.09. The zero-order valence-electron chi connectivity index (χ0n) is 18.4. The third kappa shape index (κ3) is 6.48. The number of sulfone groups is 1. The molecule has 0 saturated heterocycles. The summed E-state index contributed by atoms with van der Waals surface area (Å²) in [6.45, 7) is -0.770. The van der Waals surface area contributed by atoms with Crippen LogP contribution in [0.5, 0.6) is 5.75 Å². The second-order valence-electron chi connectivity index (χ2n) is 7.58. The summed E-state index contributed by atoms with van der Waals surface area (Å²) in [6, 6.07) is 15.9. The van der Waals surface area contributed by atoms with Crippen LogP contribution in [0.1, 0.15) is 11.4 Å². The van der Waals surface area contributed by atoms with Gasteiger partial charge in [-0.2, -0.15) is 27.8 Å². The Labute approximate surface area is 205 Å². The molecule has 1 heterocycles. The molecule has 3 aromatic carbocycles. The maximum absolute atomic E-state index is 14.1. The Morgan fingerprint density at radius 2 is 1.72 bits per heavy atom. The van der Waals surface area contributed by atoms with Gasteiger partial charge in [0.2, 0.25) is 5.95 Å². The molecule has 0 unspecified atom stereocenters. The van der Waals surface area contributed by atoms with Crippen LogP contribution in [-0.4, -0.2) is 53.8 Å². The molecule has 0 radical (unpaired) electrons. The first-order valence-corrected chi connectivity index (χ1v) is 13.3. The van der Waals surface area contributed by atoms with Crippen LogP contribution in [0.25, 0.3) is 10.8 Å². The molecule has 4 rings (SSSR count). The van der Waals surface area contributed by atoms with E-state index in [9.17, 15) is 26.3 Å². The highest BCUT2D eigenvalue weighted by molar-refractivity contribution is 7.91. The van der Waals surface area contributed by atoms with Gasteiger partial charge < -0.3 is 10.4 Å². The topological polar surface area (TPSA) is 169 Å². The lowest BCUT2D eigenvalue weighted by Crippen LogP contribution is -2.15. The molecule has 0 aliphatic carbocycles. The van der Waals surface area contributed by atoms with Crippen LogP contribution in [0.4, 0.5) is 16.0 Å². The summed E-state index contributed by atoms with van der Waals surface area (Å²) < 4.78 is 72.9. The summed E-state index contributed by atoms with van der Waals surface area (Å²) in [6.07, 6.45) is -0.905. The summed E-state index contributed by atoms with van der Waals surface area (Å²) in [4.78, 5) is 11.3. The molecular weight excluding hydrogens is 515 g/mol. The summed E-state index contributed by atoms with van der Waals surface area (Å²) in [5.41, 5.74) is 0.944. The van der Waals surface area contributed by atoms with Crippen LogP contribution in [0.3, 0.4) is 0 Å². The lowest BCUT2D eigenvalue weighted by atomic mass is 10.0. The van der Waals surface area contributed by atoms with Crippen molar-refractivity contribution in [1.82, 2.24) is 15.0 Å². The summed E-state index contributed by atoms with van der Waals surface area (Å²) >= 11 is 0.